The molecule has 124 valence electrons. The highest BCUT2D eigenvalue weighted by molar-refractivity contribution is 7.80. The third-order valence-electron chi connectivity index (χ3n) is 2.80. The summed E-state index contributed by atoms with van der Waals surface area (Å²) in [6, 6.07) is 10.1. The van der Waals surface area contributed by atoms with Crippen molar-refractivity contribution in [2.75, 3.05) is 5.43 Å². The van der Waals surface area contributed by atoms with E-state index in [1.54, 1.807) is 6.07 Å². The van der Waals surface area contributed by atoms with Crippen LogP contribution in [0.3, 0.4) is 0 Å². The van der Waals surface area contributed by atoms with Crippen LogP contribution in [-0.2, 0) is 0 Å². The van der Waals surface area contributed by atoms with Crippen LogP contribution >= 0.6 is 35.4 Å². The van der Waals surface area contributed by atoms with E-state index in [-0.39, 0.29) is 21.4 Å². The second-order valence-corrected chi connectivity index (χ2v) is 5.71. The fourth-order valence-corrected chi connectivity index (χ4v) is 2.19. The Bertz CT molecular complexity index is 799. The summed E-state index contributed by atoms with van der Waals surface area (Å²) in [6.07, 6.45) is 0. The van der Waals surface area contributed by atoms with E-state index in [0.717, 1.165) is 0 Å². The van der Waals surface area contributed by atoms with E-state index in [2.05, 4.69) is 16.2 Å². The summed E-state index contributed by atoms with van der Waals surface area (Å²) in [6.45, 7) is 0. The Labute approximate surface area is 152 Å². The van der Waals surface area contributed by atoms with Gasteiger partial charge in [-0.2, -0.15) is 0 Å². The molecule has 7 nitrogen and oxygen atoms in total. The van der Waals surface area contributed by atoms with Gasteiger partial charge in [-0.1, -0.05) is 23.2 Å². The number of carbonyl (C=O) groups excluding carboxylic acids is 1. The van der Waals surface area contributed by atoms with Crippen molar-refractivity contribution in [2.45, 2.75) is 0 Å². The lowest BCUT2D eigenvalue weighted by molar-refractivity contribution is -0.384. The van der Waals surface area contributed by atoms with Gasteiger partial charge in [-0.15, -0.1) is 0 Å². The molecule has 2 aromatic rings. The number of thiocarbonyl (C=S) groups is 1. The maximum Gasteiger partial charge on any atom is 0.269 e. The third kappa shape index (κ3) is 4.79. The van der Waals surface area contributed by atoms with Gasteiger partial charge in [-0.25, -0.2) is 0 Å². The van der Waals surface area contributed by atoms with Crippen LogP contribution in [0.15, 0.2) is 42.5 Å². The zero-order valence-corrected chi connectivity index (χ0v) is 14.2. The molecule has 0 saturated heterocycles. The molecule has 10 heteroatoms. The quantitative estimate of drug-likeness (QED) is 0.423. The lowest BCUT2D eigenvalue weighted by Gasteiger charge is -2.12. The number of nitrogens with one attached hydrogen (secondary N) is 3. The van der Waals surface area contributed by atoms with E-state index in [9.17, 15) is 14.9 Å². The van der Waals surface area contributed by atoms with Gasteiger partial charge in [0.25, 0.3) is 11.6 Å². The fourth-order valence-electron chi connectivity index (χ4n) is 1.67. The van der Waals surface area contributed by atoms with Crippen LogP contribution in [0.5, 0.6) is 0 Å². The van der Waals surface area contributed by atoms with Gasteiger partial charge >= 0.3 is 0 Å². The molecule has 0 saturated carbocycles. The summed E-state index contributed by atoms with van der Waals surface area (Å²) in [5.41, 5.74) is 5.97. The first kappa shape index (κ1) is 17.9. The van der Waals surface area contributed by atoms with E-state index in [1.807, 2.05) is 0 Å². The smallest absolute Gasteiger partial charge is 0.269 e. The molecule has 1 amide bonds. The van der Waals surface area contributed by atoms with Crippen molar-refractivity contribution in [1.82, 2.24) is 10.7 Å². The molecular weight excluding hydrogens is 375 g/mol. The molecule has 0 aliphatic carbocycles. The number of anilines is 1. The first-order chi connectivity index (χ1) is 11.4. The molecule has 0 unspecified atom stereocenters. The van der Waals surface area contributed by atoms with Crippen molar-refractivity contribution in [2.24, 2.45) is 0 Å². The van der Waals surface area contributed by atoms with Crippen molar-refractivity contribution >= 4 is 57.8 Å². The predicted octanol–water partition coefficient (Wildman–Crippen LogP) is 3.53. The van der Waals surface area contributed by atoms with Crippen LogP contribution in [0.4, 0.5) is 11.4 Å². The predicted molar refractivity (Wildman–Crippen MR) is 96.4 cm³/mol. The van der Waals surface area contributed by atoms with Gasteiger partial charge in [0.05, 0.1) is 21.2 Å². The van der Waals surface area contributed by atoms with Gasteiger partial charge in [0.2, 0.25) is 0 Å². The van der Waals surface area contributed by atoms with Gasteiger partial charge in [0.1, 0.15) is 0 Å². The highest BCUT2D eigenvalue weighted by Crippen LogP contribution is 2.20. The molecular formula is C14H10Cl2N4O3S. The Hall–Kier alpha value is -2.42. The number of benzene rings is 2. The van der Waals surface area contributed by atoms with Crippen LogP contribution in [0.25, 0.3) is 0 Å². The molecule has 0 bridgehead atoms. The molecule has 0 fully saturated rings. The molecule has 3 N–H and O–H groups in total. The Morgan fingerprint density at radius 2 is 1.79 bits per heavy atom. The first-order valence-electron chi connectivity index (χ1n) is 6.43. The average Bonchev–Trinajstić information content (AvgIpc) is 2.55. The summed E-state index contributed by atoms with van der Waals surface area (Å²) < 4.78 is 0. The summed E-state index contributed by atoms with van der Waals surface area (Å²) in [7, 11) is 0. The summed E-state index contributed by atoms with van der Waals surface area (Å²) in [5.74, 6) is -0.523. The number of nitrogens with zero attached hydrogens (tertiary/aromatic N) is 1. The zero-order chi connectivity index (χ0) is 17.7. The van der Waals surface area contributed by atoms with Gasteiger partial charge in [0.15, 0.2) is 5.11 Å². The monoisotopic (exact) mass is 384 g/mol. The summed E-state index contributed by atoms with van der Waals surface area (Å²) in [4.78, 5) is 22.1. The number of non-ortho nitro benzene ring substituents is 1. The van der Waals surface area contributed by atoms with E-state index < -0.39 is 10.8 Å². The second-order valence-electron chi connectivity index (χ2n) is 4.46. The molecule has 0 aromatic heterocycles. The average molecular weight is 385 g/mol. The highest BCUT2D eigenvalue weighted by atomic mass is 35.5. The van der Waals surface area contributed by atoms with Gasteiger partial charge < -0.3 is 0 Å². The van der Waals surface area contributed by atoms with Crippen molar-refractivity contribution in [3.05, 3.63) is 68.2 Å². The standard InChI is InChI=1S/C14H10Cl2N4O3S/c15-8-1-6-12(16)11(7-8)13(21)17-14(24)19-18-9-2-4-10(5-3-9)20(22)23/h1-7,18H,(H2,17,19,21,24). The Kier molecular flexibility index (Phi) is 5.91. The third-order valence-corrected chi connectivity index (χ3v) is 3.57. The van der Waals surface area contributed by atoms with Crippen LogP contribution in [-0.4, -0.2) is 15.9 Å². The Morgan fingerprint density at radius 1 is 1.12 bits per heavy atom. The topological polar surface area (TPSA) is 96.3 Å². The van der Waals surface area contributed by atoms with Crippen LogP contribution in [0.1, 0.15) is 10.4 Å². The van der Waals surface area contributed by atoms with Gasteiger partial charge in [0, 0.05) is 17.2 Å². The Morgan fingerprint density at radius 3 is 2.42 bits per heavy atom. The minimum atomic E-state index is -0.523. The lowest BCUT2D eigenvalue weighted by Crippen LogP contribution is -2.42. The maximum atomic E-state index is 12.1. The van der Waals surface area contributed by atoms with Gasteiger partial charge in [-0.3, -0.25) is 31.1 Å². The van der Waals surface area contributed by atoms with Crippen LogP contribution in [0.2, 0.25) is 10.0 Å². The molecule has 0 aliphatic heterocycles. The van der Waals surface area contributed by atoms with Crippen LogP contribution < -0.4 is 16.2 Å². The van der Waals surface area contributed by atoms with E-state index in [4.69, 9.17) is 35.4 Å². The van der Waals surface area contributed by atoms with E-state index in [1.165, 1.54) is 36.4 Å². The number of hydrogen-bond acceptors (Lipinski definition) is 5. The summed E-state index contributed by atoms with van der Waals surface area (Å²) >= 11 is 16.7. The number of halogens is 2. The van der Waals surface area contributed by atoms with E-state index >= 15 is 0 Å². The normalized spacial score (nSPS) is 9.92. The number of hydrazine groups is 1. The van der Waals surface area contributed by atoms with Crippen molar-refractivity contribution in [1.29, 1.82) is 0 Å². The lowest BCUT2D eigenvalue weighted by atomic mass is 10.2. The molecule has 0 atom stereocenters. The molecule has 0 spiro atoms. The largest absolute Gasteiger partial charge is 0.299 e. The fraction of sp³-hybridized carbons (Fsp3) is 0. The molecule has 0 aliphatic rings. The number of nitro benzene ring substituents is 1. The van der Waals surface area contributed by atoms with Crippen LogP contribution in [0, 0.1) is 10.1 Å². The molecule has 2 rings (SSSR count). The number of rotatable bonds is 4. The van der Waals surface area contributed by atoms with Crippen molar-refractivity contribution in [3.63, 3.8) is 0 Å². The van der Waals surface area contributed by atoms with Gasteiger partial charge in [-0.05, 0) is 42.5 Å². The highest BCUT2D eigenvalue weighted by Gasteiger charge is 2.12. The van der Waals surface area contributed by atoms with Crippen molar-refractivity contribution < 1.29 is 9.72 Å². The Balaban J connectivity index is 1.92. The number of carbonyl (C=O) groups is 1. The molecule has 0 heterocycles. The minimum Gasteiger partial charge on any atom is -0.299 e. The minimum absolute atomic E-state index is 0.00519. The number of hydrogen-bond donors (Lipinski definition) is 3. The maximum absolute atomic E-state index is 12.1. The summed E-state index contributed by atoms with van der Waals surface area (Å²) in [5, 5.41) is 13.6. The SMILES string of the molecule is O=C(NC(=S)NNc1ccc([N+](=O)[O-])cc1)c1cc(Cl)ccc1Cl. The number of nitro groups is 1. The molecule has 2 aromatic carbocycles. The number of amides is 1. The first-order valence-corrected chi connectivity index (χ1v) is 7.60. The van der Waals surface area contributed by atoms with Crippen molar-refractivity contribution in [3.8, 4) is 0 Å². The molecule has 24 heavy (non-hydrogen) atoms. The molecule has 0 radical (unpaired) electrons. The second kappa shape index (κ2) is 7.91. The van der Waals surface area contributed by atoms with E-state index in [0.29, 0.717) is 10.7 Å². The zero-order valence-electron chi connectivity index (χ0n) is 11.9.